The van der Waals surface area contributed by atoms with Crippen molar-refractivity contribution in [3.63, 3.8) is 0 Å². The first-order valence-corrected chi connectivity index (χ1v) is 10.9. The molecule has 0 aliphatic carbocycles. The number of para-hydroxylation sites is 1. The Hall–Kier alpha value is -1.92. The first-order chi connectivity index (χ1) is 13.7. The number of hydrogen-bond acceptors (Lipinski definition) is 4. The summed E-state index contributed by atoms with van der Waals surface area (Å²) in [6, 6.07) is 7.99. The van der Waals surface area contributed by atoms with Crippen molar-refractivity contribution in [2.45, 2.75) is 46.1 Å². The molecule has 154 valence electrons. The normalized spacial score (nSPS) is 15.9. The second-order valence-electron chi connectivity index (χ2n) is 7.74. The van der Waals surface area contributed by atoms with Gasteiger partial charge in [0.2, 0.25) is 0 Å². The van der Waals surface area contributed by atoms with E-state index in [1.54, 1.807) is 0 Å². The Bertz CT molecular complexity index is 748. The summed E-state index contributed by atoms with van der Waals surface area (Å²) in [6.07, 6.45) is 4.92. The van der Waals surface area contributed by atoms with Crippen LogP contribution in [0.15, 0.2) is 24.3 Å². The minimum atomic E-state index is -0.0655. The number of hydrogen-bond donors (Lipinski definition) is 1. The van der Waals surface area contributed by atoms with Crippen molar-refractivity contribution >= 4 is 16.8 Å². The van der Waals surface area contributed by atoms with Crippen LogP contribution in [0, 0.1) is 0 Å². The molecule has 0 bridgehead atoms. The van der Waals surface area contributed by atoms with E-state index in [4.69, 9.17) is 0 Å². The van der Waals surface area contributed by atoms with Crippen LogP contribution >= 0.6 is 0 Å². The molecule has 0 atom stereocenters. The summed E-state index contributed by atoms with van der Waals surface area (Å²) in [5.74, 6) is -0.0655. The van der Waals surface area contributed by atoms with Crippen LogP contribution in [-0.4, -0.2) is 71.3 Å². The molecule has 6 nitrogen and oxygen atoms in total. The van der Waals surface area contributed by atoms with E-state index in [0.717, 1.165) is 56.6 Å². The van der Waals surface area contributed by atoms with Gasteiger partial charge < -0.3 is 10.2 Å². The van der Waals surface area contributed by atoms with Gasteiger partial charge in [0.1, 0.15) is 0 Å². The van der Waals surface area contributed by atoms with Gasteiger partial charge in [-0.1, -0.05) is 44.9 Å². The Balaban J connectivity index is 1.46. The molecule has 1 aromatic carbocycles. The molecular formula is C22H35N5O. The fourth-order valence-corrected chi connectivity index (χ4v) is 3.91. The van der Waals surface area contributed by atoms with Gasteiger partial charge in [0.25, 0.3) is 5.91 Å². The number of rotatable bonds is 10. The third-order valence-corrected chi connectivity index (χ3v) is 5.56. The molecule has 0 saturated carbocycles. The van der Waals surface area contributed by atoms with Crippen molar-refractivity contribution in [1.82, 2.24) is 24.9 Å². The number of nitrogens with zero attached hydrogens (tertiary/aromatic N) is 4. The Morgan fingerprint density at radius 1 is 0.964 bits per heavy atom. The van der Waals surface area contributed by atoms with E-state index in [9.17, 15) is 4.79 Å². The first kappa shape index (κ1) is 20.8. The van der Waals surface area contributed by atoms with Crippen LogP contribution in [0.3, 0.4) is 0 Å². The number of carbonyl (C=O) groups excluding carboxylic acids is 1. The molecule has 0 spiro atoms. The van der Waals surface area contributed by atoms with Crippen molar-refractivity contribution in [2.75, 3.05) is 45.8 Å². The van der Waals surface area contributed by atoms with Crippen LogP contribution in [0.2, 0.25) is 0 Å². The lowest BCUT2D eigenvalue weighted by Crippen LogP contribution is -2.48. The van der Waals surface area contributed by atoms with Crippen LogP contribution in [0.1, 0.15) is 50.0 Å². The predicted molar refractivity (Wildman–Crippen MR) is 115 cm³/mol. The molecule has 6 heteroatoms. The van der Waals surface area contributed by atoms with Gasteiger partial charge in [-0.2, -0.15) is 5.10 Å². The van der Waals surface area contributed by atoms with Gasteiger partial charge in [-0.25, -0.2) is 0 Å². The number of carbonyl (C=O) groups is 1. The Morgan fingerprint density at radius 3 is 2.39 bits per heavy atom. The van der Waals surface area contributed by atoms with Crippen LogP contribution in [0.4, 0.5) is 0 Å². The van der Waals surface area contributed by atoms with Gasteiger partial charge in [-0.05, 0) is 25.5 Å². The summed E-state index contributed by atoms with van der Waals surface area (Å²) < 4.78 is 1.95. The van der Waals surface area contributed by atoms with Crippen molar-refractivity contribution in [2.24, 2.45) is 0 Å². The van der Waals surface area contributed by atoms with E-state index in [2.05, 4.69) is 34.1 Å². The lowest BCUT2D eigenvalue weighted by Gasteiger charge is -2.34. The highest BCUT2D eigenvalue weighted by molar-refractivity contribution is 6.04. The Morgan fingerprint density at radius 2 is 1.68 bits per heavy atom. The second kappa shape index (κ2) is 10.6. The highest BCUT2D eigenvalue weighted by Gasteiger charge is 2.18. The zero-order valence-corrected chi connectivity index (χ0v) is 17.5. The van der Waals surface area contributed by atoms with E-state index < -0.39 is 0 Å². The molecule has 2 aromatic rings. The molecule has 1 fully saturated rings. The van der Waals surface area contributed by atoms with Gasteiger partial charge in [-0.15, -0.1) is 0 Å². The average molecular weight is 386 g/mol. The lowest BCUT2D eigenvalue weighted by molar-refractivity contribution is 0.0931. The van der Waals surface area contributed by atoms with Gasteiger partial charge in [0.05, 0.1) is 5.52 Å². The molecule has 1 N–H and O–H groups in total. The summed E-state index contributed by atoms with van der Waals surface area (Å²) in [5, 5.41) is 8.59. The maximum absolute atomic E-state index is 12.7. The highest BCUT2D eigenvalue weighted by atomic mass is 16.1. The molecule has 2 heterocycles. The number of unbranched alkanes of at least 4 members (excludes halogenated alkanes) is 2. The van der Waals surface area contributed by atoms with Crippen molar-refractivity contribution in [1.29, 1.82) is 0 Å². The average Bonchev–Trinajstić information content (AvgIpc) is 3.08. The van der Waals surface area contributed by atoms with Crippen LogP contribution in [0.5, 0.6) is 0 Å². The number of aromatic nitrogens is 2. The molecule has 0 radical (unpaired) electrons. The molecule has 1 aromatic heterocycles. The Labute approximate surface area is 168 Å². The van der Waals surface area contributed by atoms with E-state index in [1.165, 1.54) is 25.8 Å². The summed E-state index contributed by atoms with van der Waals surface area (Å²) in [4.78, 5) is 17.7. The highest BCUT2D eigenvalue weighted by Crippen LogP contribution is 2.18. The molecule has 28 heavy (non-hydrogen) atoms. The van der Waals surface area contributed by atoms with E-state index in [1.807, 2.05) is 28.9 Å². The number of piperazine rings is 1. The monoisotopic (exact) mass is 385 g/mol. The van der Waals surface area contributed by atoms with Crippen molar-refractivity contribution in [3.05, 3.63) is 30.0 Å². The minimum absolute atomic E-state index is 0.0655. The largest absolute Gasteiger partial charge is 0.349 e. The molecule has 1 amide bonds. The number of amides is 1. The molecule has 1 aliphatic rings. The quantitative estimate of drug-likeness (QED) is 0.639. The molecule has 3 rings (SSSR count). The van der Waals surface area contributed by atoms with Crippen LogP contribution < -0.4 is 5.32 Å². The molecule has 0 unspecified atom stereocenters. The summed E-state index contributed by atoms with van der Waals surface area (Å²) in [7, 11) is 0. The van der Waals surface area contributed by atoms with Crippen LogP contribution in [0.25, 0.3) is 10.9 Å². The van der Waals surface area contributed by atoms with Gasteiger partial charge >= 0.3 is 0 Å². The maximum atomic E-state index is 12.7. The van der Waals surface area contributed by atoms with Gasteiger partial charge in [0, 0.05) is 51.2 Å². The van der Waals surface area contributed by atoms with Crippen LogP contribution in [-0.2, 0) is 6.54 Å². The van der Waals surface area contributed by atoms with E-state index >= 15 is 0 Å². The fraction of sp³-hybridized carbons (Fsp3) is 0.636. The van der Waals surface area contributed by atoms with E-state index in [-0.39, 0.29) is 5.91 Å². The topological polar surface area (TPSA) is 53.4 Å². The molecule has 1 aliphatic heterocycles. The number of benzene rings is 1. The maximum Gasteiger partial charge on any atom is 0.272 e. The summed E-state index contributed by atoms with van der Waals surface area (Å²) in [6.45, 7) is 12.5. The number of nitrogens with one attached hydrogen (secondary N) is 1. The standard InChI is InChI=1S/C22H35N5O/c1-3-5-8-13-25-15-17-26(18-16-25)14-11-23-22(28)21-19-9-6-7-10-20(19)27(24-21)12-4-2/h6-7,9-10H,3-5,8,11-18H2,1-2H3,(H,23,28). The second-order valence-corrected chi connectivity index (χ2v) is 7.74. The number of aryl methyl sites for hydroxylation is 1. The predicted octanol–water partition coefficient (Wildman–Crippen LogP) is 2.98. The zero-order valence-electron chi connectivity index (χ0n) is 17.5. The molecule has 1 saturated heterocycles. The zero-order chi connectivity index (χ0) is 19.8. The van der Waals surface area contributed by atoms with Gasteiger partial charge in [-0.3, -0.25) is 14.4 Å². The lowest BCUT2D eigenvalue weighted by atomic mass is 10.2. The minimum Gasteiger partial charge on any atom is -0.349 e. The number of fused-ring (bicyclic) bond motifs is 1. The van der Waals surface area contributed by atoms with E-state index in [0.29, 0.717) is 12.2 Å². The fourth-order valence-electron chi connectivity index (χ4n) is 3.91. The SMILES string of the molecule is CCCCCN1CCN(CCNC(=O)c2nn(CCC)c3ccccc23)CC1. The summed E-state index contributed by atoms with van der Waals surface area (Å²) in [5.41, 5.74) is 1.58. The Kier molecular flexibility index (Phi) is 7.86. The first-order valence-electron chi connectivity index (χ1n) is 10.9. The smallest absolute Gasteiger partial charge is 0.272 e. The summed E-state index contributed by atoms with van der Waals surface area (Å²) >= 11 is 0. The van der Waals surface area contributed by atoms with Crippen molar-refractivity contribution in [3.8, 4) is 0 Å². The third-order valence-electron chi connectivity index (χ3n) is 5.56. The van der Waals surface area contributed by atoms with Gasteiger partial charge in [0.15, 0.2) is 5.69 Å². The third kappa shape index (κ3) is 5.32. The molecular weight excluding hydrogens is 350 g/mol. The van der Waals surface area contributed by atoms with Crippen molar-refractivity contribution < 1.29 is 4.79 Å².